The number of hydrogen-bond donors (Lipinski definition) is 1. The first-order chi connectivity index (χ1) is 8.60. The fourth-order valence-electron chi connectivity index (χ4n) is 1.66. The average Bonchev–Trinajstić information content (AvgIpc) is 2.38. The van der Waals surface area contributed by atoms with E-state index >= 15 is 0 Å². The first kappa shape index (κ1) is 15.0. The number of carbonyl (C=O) groups excluding carboxylic acids is 1. The second-order valence-electron chi connectivity index (χ2n) is 3.95. The molecule has 18 heavy (non-hydrogen) atoms. The summed E-state index contributed by atoms with van der Waals surface area (Å²) in [5.41, 5.74) is 6.55. The summed E-state index contributed by atoms with van der Waals surface area (Å²) in [5, 5.41) is 0. The molecule has 0 saturated heterocycles. The highest BCUT2D eigenvalue weighted by Gasteiger charge is 2.20. The zero-order valence-electron chi connectivity index (χ0n) is 10.7. The van der Waals surface area contributed by atoms with Crippen LogP contribution in [0.2, 0.25) is 0 Å². The van der Waals surface area contributed by atoms with E-state index in [1.807, 2.05) is 13.2 Å². The molecule has 0 radical (unpaired) electrons. The Morgan fingerprint density at radius 1 is 1.44 bits per heavy atom. The second-order valence-corrected chi connectivity index (χ2v) is 4.93. The van der Waals surface area contributed by atoms with Gasteiger partial charge in [-0.15, -0.1) is 0 Å². The van der Waals surface area contributed by atoms with Gasteiger partial charge in [-0.05, 0) is 49.6 Å². The SMILES string of the molecule is CCN(C(=O)[C@@H](N)CCSC)c1ccc(F)cc1. The van der Waals surface area contributed by atoms with Gasteiger partial charge < -0.3 is 10.6 Å². The van der Waals surface area contributed by atoms with Crippen LogP contribution in [0.25, 0.3) is 0 Å². The molecular formula is C13H19FN2OS. The lowest BCUT2D eigenvalue weighted by molar-refractivity contribution is -0.119. The van der Waals surface area contributed by atoms with Crippen LogP contribution in [-0.4, -0.2) is 30.5 Å². The highest BCUT2D eigenvalue weighted by molar-refractivity contribution is 7.98. The predicted molar refractivity (Wildman–Crippen MR) is 75.4 cm³/mol. The van der Waals surface area contributed by atoms with Crippen LogP contribution >= 0.6 is 11.8 Å². The molecule has 1 amide bonds. The Morgan fingerprint density at radius 2 is 2.06 bits per heavy atom. The van der Waals surface area contributed by atoms with E-state index in [9.17, 15) is 9.18 Å². The van der Waals surface area contributed by atoms with Crippen LogP contribution in [0.3, 0.4) is 0 Å². The van der Waals surface area contributed by atoms with Crippen molar-refractivity contribution in [2.24, 2.45) is 5.73 Å². The minimum Gasteiger partial charge on any atom is -0.320 e. The summed E-state index contributed by atoms with van der Waals surface area (Å²) in [6.45, 7) is 2.40. The van der Waals surface area contributed by atoms with E-state index in [1.54, 1.807) is 28.8 Å². The summed E-state index contributed by atoms with van der Waals surface area (Å²) in [6.07, 6.45) is 2.63. The molecule has 1 aromatic carbocycles. The third-order valence-corrected chi connectivity index (χ3v) is 3.31. The van der Waals surface area contributed by atoms with Gasteiger partial charge in [0.05, 0.1) is 6.04 Å². The van der Waals surface area contributed by atoms with Gasteiger partial charge in [0.25, 0.3) is 0 Å². The fraction of sp³-hybridized carbons (Fsp3) is 0.462. The first-order valence-corrected chi connectivity index (χ1v) is 7.31. The molecule has 0 bridgehead atoms. The van der Waals surface area contributed by atoms with E-state index in [0.717, 1.165) is 5.75 Å². The normalized spacial score (nSPS) is 12.2. The molecule has 0 aliphatic carbocycles. The Hall–Kier alpha value is -1.07. The minimum atomic E-state index is -0.498. The number of hydrogen-bond acceptors (Lipinski definition) is 3. The summed E-state index contributed by atoms with van der Waals surface area (Å²) < 4.78 is 12.8. The standard InChI is InChI=1S/C13H19FN2OS/c1-3-16(11-6-4-10(14)5-7-11)13(17)12(15)8-9-18-2/h4-7,12H,3,8-9,15H2,1-2H3/t12-/m0/s1. The zero-order chi connectivity index (χ0) is 13.5. The molecule has 0 spiro atoms. The van der Waals surface area contributed by atoms with Crippen LogP contribution in [0, 0.1) is 5.82 Å². The molecule has 2 N–H and O–H groups in total. The Labute approximate surface area is 112 Å². The number of benzene rings is 1. The van der Waals surface area contributed by atoms with Crippen molar-refractivity contribution in [1.82, 2.24) is 0 Å². The van der Waals surface area contributed by atoms with Crippen molar-refractivity contribution in [2.75, 3.05) is 23.5 Å². The van der Waals surface area contributed by atoms with E-state index < -0.39 is 6.04 Å². The number of anilines is 1. The maximum Gasteiger partial charge on any atom is 0.243 e. The summed E-state index contributed by atoms with van der Waals surface area (Å²) in [4.78, 5) is 13.8. The number of nitrogens with two attached hydrogens (primary N) is 1. The lowest BCUT2D eigenvalue weighted by atomic mass is 10.2. The first-order valence-electron chi connectivity index (χ1n) is 5.91. The summed E-state index contributed by atoms with van der Waals surface area (Å²) in [6, 6.07) is 5.38. The van der Waals surface area contributed by atoms with Gasteiger partial charge in [0.1, 0.15) is 5.82 Å². The summed E-state index contributed by atoms with van der Waals surface area (Å²) in [7, 11) is 0. The number of carbonyl (C=O) groups is 1. The molecule has 0 saturated carbocycles. The molecule has 1 aromatic rings. The third kappa shape index (κ3) is 3.99. The van der Waals surface area contributed by atoms with E-state index in [4.69, 9.17) is 5.73 Å². The van der Waals surface area contributed by atoms with Crippen molar-refractivity contribution in [1.29, 1.82) is 0 Å². The largest absolute Gasteiger partial charge is 0.320 e. The maximum absolute atomic E-state index is 12.8. The van der Waals surface area contributed by atoms with Crippen LogP contribution in [-0.2, 0) is 4.79 Å². The van der Waals surface area contributed by atoms with Crippen molar-refractivity contribution in [3.63, 3.8) is 0 Å². The number of halogens is 1. The number of likely N-dealkylation sites (N-methyl/N-ethyl adjacent to an activating group) is 1. The van der Waals surface area contributed by atoms with Gasteiger partial charge in [-0.3, -0.25) is 4.79 Å². The average molecular weight is 270 g/mol. The molecule has 0 aromatic heterocycles. The zero-order valence-corrected chi connectivity index (χ0v) is 11.5. The molecule has 0 unspecified atom stereocenters. The molecule has 1 rings (SSSR count). The summed E-state index contributed by atoms with van der Waals surface area (Å²) in [5.74, 6) is 0.431. The monoisotopic (exact) mass is 270 g/mol. The van der Waals surface area contributed by atoms with Gasteiger partial charge in [0.15, 0.2) is 0 Å². The minimum absolute atomic E-state index is 0.113. The van der Waals surface area contributed by atoms with Crippen molar-refractivity contribution in [2.45, 2.75) is 19.4 Å². The van der Waals surface area contributed by atoms with Crippen LogP contribution < -0.4 is 10.6 Å². The molecule has 0 fully saturated rings. The topological polar surface area (TPSA) is 46.3 Å². The van der Waals surface area contributed by atoms with Crippen molar-refractivity contribution in [3.8, 4) is 0 Å². The Balaban J connectivity index is 2.76. The van der Waals surface area contributed by atoms with Crippen LogP contribution in [0.15, 0.2) is 24.3 Å². The quantitative estimate of drug-likeness (QED) is 0.862. The third-order valence-electron chi connectivity index (χ3n) is 2.67. The molecule has 100 valence electrons. The number of nitrogens with zero attached hydrogens (tertiary/aromatic N) is 1. The molecule has 0 aliphatic heterocycles. The molecule has 0 aliphatic rings. The van der Waals surface area contributed by atoms with E-state index in [1.165, 1.54) is 12.1 Å². The maximum atomic E-state index is 12.8. The molecule has 0 heterocycles. The molecular weight excluding hydrogens is 251 g/mol. The van der Waals surface area contributed by atoms with E-state index in [0.29, 0.717) is 18.7 Å². The number of thioether (sulfide) groups is 1. The van der Waals surface area contributed by atoms with Crippen molar-refractivity contribution >= 4 is 23.4 Å². The molecule has 3 nitrogen and oxygen atoms in total. The van der Waals surface area contributed by atoms with Gasteiger partial charge in [-0.1, -0.05) is 0 Å². The van der Waals surface area contributed by atoms with Crippen molar-refractivity contribution < 1.29 is 9.18 Å². The highest BCUT2D eigenvalue weighted by atomic mass is 32.2. The number of amides is 1. The fourth-order valence-corrected chi connectivity index (χ4v) is 2.14. The van der Waals surface area contributed by atoms with E-state index in [2.05, 4.69) is 0 Å². The van der Waals surface area contributed by atoms with Gasteiger partial charge in [-0.2, -0.15) is 11.8 Å². The second kappa shape index (κ2) is 7.38. The number of rotatable bonds is 6. The highest BCUT2D eigenvalue weighted by Crippen LogP contribution is 2.16. The predicted octanol–water partition coefficient (Wildman–Crippen LogP) is 2.26. The van der Waals surface area contributed by atoms with Gasteiger partial charge in [-0.25, -0.2) is 4.39 Å². The van der Waals surface area contributed by atoms with E-state index in [-0.39, 0.29) is 11.7 Å². The van der Waals surface area contributed by atoms with Crippen LogP contribution in [0.4, 0.5) is 10.1 Å². The summed E-state index contributed by atoms with van der Waals surface area (Å²) >= 11 is 1.66. The molecule has 5 heteroatoms. The smallest absolute Gasteiger partial charge is 0.243 e. The van der Waals surface area contributed by atoms with Crippen molar-refractivity contribution in [3.05, 3.63) is 30.1 Å². The van der Waals surface area contributed by atoms with Crippen LogP contribution in [0.1, 0.15) is 13.3 Å². The molecule has 1 atom stereocenters. The Kier molecular flexibility index (Phi) is 6.15. The van der Waals surface area contributed by atoms with Gasteiger partial charge in [0, 0.05) is 12.2 Å². The van der Waals surface area contributed by atoms with Gasteiger partial charge >= 0.3 is 0 Å². The Morgan fingerprint density at radius 3 is 2.56 bits per heavy atom. The lowest BCUT2D eigenvalue weighted by Gasteiger charge is -2.24. The van der Waals surface area contributed by atoms with Gasteiger partial charge in [0.2, 0.25) is 5.91 Å². The Bertz CT molecular complexity index is 383. The lowest BCUT2D eigenvalue weighted by Crippen LogP contribution is -2.44. The van der Waals surface area contributed by atoms with Crippen LogP contribution in [0.5, 0.6) is 0 Å².